The van der Waals surface area contributed by atoms with Crippen molar-refractivity contribution < 1.29 is 32.6 Å². The molecule has 6 nitrogen and oxygen atoms in total. The Morgan fingerprint density at radius 3 is 1.95 bits per heavy atom. The lowest BCUT2D eigenvalue weighted by Crippen LogP contribution is -2.65. The van der Waals surface area contributed by atoms with Gasteiger partial charge in [0, 0.05) is 7.11 Å². The lowest BCUT2D eigenvalue weighted by atomic mass is 10.0. The summed E-state index contributed by atoms with van der Waals surface area (Å²) in [5.74, 6) is -2.19. The second-order valence-corrected chi connectivity index (χ2v) is 4.82. The first-order valence-electron chi connectivity index (χ1n) is 5.25. The first-order valence-corrected chi connectivity index (χ1v) is 5.25. The molecule has 0 aromatic heterocycles. The molecule has 0 aliphatic heterocycles. The molecule has 19 heavy (non-hydrogen) atoms. The Kier molecular flexibility index (Phi) is 5.19. The smallest absolute Gasteiger partial charge is 0.422 e. The zero-order valence-electron chi connectivity index (χ0n) is 11.0. The van der Waals surface area contributed by atoms with E-state index >= 15 is 0 Å². The molecule has 112 valence electrons. The van der Waals surface area contributed by atoms with E-state index in [9.17, 15) is 22.8 Å². The van der Waals surface area contributed by atoms with Crippen LogP contribution in [0.4, 0.5) is 18.0 Å². The van der Waals surface area contributed by atoms with Crippen molar-refractivity contribution in [2.75, 3.05) is 13.7 Å². The summed E-state index contributed by atoms with van der Waals surface area (Å²) in [5, 5.41) is 12.3. The molecule has 0 heterocycles. The third-order valence-corrected chi connectivity index (χ3v) is 2.32. The topological polar surface area (TPSA) is 87.7 Å². The summed E-state index contributed by atoms with van der Waals surface area (Å²) in [7, 11) is 1.36. The second-order valence-electron chi connectivity index (χ2n) is 4.82. The summed E-state index contributed by atoms with van der Waals surface area (Å²) in [6, 6.07) is -1.25. The van der Waals surface area contributed by atoms with E-state index in [-0.39, 0.29) is 6.61 Å². The molecule has 3 N–H and O–H groups in total. The first kappa shape index (κ1) is 17.5. The van der Waals surface area contributed by atoms with Crippen LogP contribution in [0.15, 0.2) is 0 Å². The molecule has 0 aliphatic carbocycles. The number of carbonyl (C=O) groups is 2. The molecule has 0 saturated heterocycles. The second kappa shape index (κ2) is 5.64. The highest BCUT2D eigenvalue weighted by Gasteiger charge is 2.58. The molecule has 0 aliphatic rings. The fraction of sp³-hybridized carbons (Fsp3) is 0.800. The maximum atomic E-state index is 12.6. The van der Waals surface area contributed by atoms with E-state index in [0.29, 0.717) is 6.92 Å². The van der Waals surface area contributed by atoms with Gasteiger partial charge in [0.1, 0.15) is 0 Å². The van der Waals surface area contributed by atoms with Crippen LogP contribution in [0.1, 0.15) is 20.8 Å². The van der Waals surface area contributed by atoms with Crippen LogP contribution in [-0.4, -0.2) is 48.1 Å². The van der Waals surface area contributed by atoms with Crippen molar-refractivity contribution in [3.05, 3.63) is 0 Å². The molecule has 0 spiro atoms. The minimum Gasteiger partial charge on any atom is -0.479 e. The zero-order chi connectivity index (χ0) is 15.5. The van der Waals surface area contributed by atoms with Crippen molar-refractivity contribution in [2.45, 2.75) is 38.0 Å². The molecular formula is C10H17F3N2O4. The predicted octanol–water partition coefficient (Wildman–Crippen LogP) is 1.12. The number of hydrogen-bond donors (Lipinski definition) is 3. The molecule has 0 saturated carbocycles. The highest BCUT2D eigenvalue weighted by molar-refractivity contribution is 5.87. The maximum absolute atomic E-state index is 12.6. The Hall–Kier alpha value is -1.51. The number of carboxylic acid groups (broad SMARTS) is 1. The largest absolute Gasteiger partial charge is 0.479 e. The molecule has 1 unspecified atom stereocenters. The van der Waals surface area contributed by atoms with E-state index in [1.54, 1.807) is 0 Å². The number of halogens is 3. The Labute approximate surface area is 108 Å². The van der Waals surface area contributed by atoms with E-state index < -0.39 is 29.3 Å². The van der Waals surface area contributed by atoms with E-state index in [0.717, 1.165) is 0 Å². The molecule has 2 amide bonds. The van der Waals surface area contributed by atoms with Gasteiger partial charge in [0.2, 0.25) is 5.54 Å². The van der Waals surface area contributed by atoms with E-state index in [1.807, 2.05) is 0 Å². The number of ether oxygens (including phenoxy) is 1. The molecule has 0 fully saturated rings. The van der Waals surface area contributed by atoms with Gasteiger partial charge in [0.05, 0.1) is 12.1 Å². The van der Waals surface area contributed by atoms with E-state index in [2.05, 4.69) is 5.32 Å². The van der Waals surface area contributed by atoms with Crippen molar-refractivity contribution in [3.63, 3.8) is 0 Å². The van der Waals surface area contributed by atoms with E-state index in [4.69, 9.17) is 9.84 Å². The summed E-state index contributed by atoms with van der Waals surface area (Å²) in [6.07, 6.45) is -5.12. The van der Waals surface area contributed by atoms with Crippen LogP contribution >= 0.6 is 0 Å². The van der Waals surface area contributed by atoms with Gasteiger partial charge < -0.3 is 20.5 Å². The fourth-order valence-corrected chi connectivity index (χ4v) is 1.21. The molecule has 9 heteroatoms. The standard InChI is InChI=1S/C10H17F3N2O4/c1-8(2,5-19-4)14-7(18)15-9(3,6(16)17)10(11,12)13/h5H2,1-4H3,(H,16,17)(H2,14,15,18). The zero-order valence-corrected chi connectivity index (χ0v) is 11.0. The van der Waals surface area contributed by atoms with Gasteiger partial charge in [-0.3, -0.25) is 0 Å². The van der Waals surface area contributed by atoms with Gasteiger partial charge in [-0.1, -0.05) is 0 Å². The summed E-state index contributed by atoms with van der Waals surface area (Å²) in [6.45, 7) is 3.46. The summed E-state index contributed by atoms with van der Waals surface area (Å²) in [4.78, 5) is 22.2. The molecule has 0 rings (SSSR count). The lowest BCUT2D eigenvalue weighted by molar-refractivity contribution is -0.203. The number of methoxy groups -OCH3 is 1. The maximum Gasteiger partial charge on any atom is 0.422 e. The Morgan fingerprint density at radius 1 is 1.16 bits per heavy atom. The molecule has 1 atom stereocenters. The third-order valence-electron chi connectivity index (χ3n) is 2.32. The van der Waals surface area contributed by atoms with Crippen LogP contribution in [0, 0.1) is 0 Å². The first-order chi connectivity index (χ1) is 8.35. The minimum absolute atomic E-state index is 0.0518. The number of alkyl halides is 3. The SMILES string of the molecule is COCC(C)(C)NC(=O)NC(C)(C(=O)O)C(F)(F)F. The summed E-state index contributed by atoms with van der Waals surface area (Å²) < 4.78 is 42.7. The van der Waals surface area contributed by atoms with Crippen molar-refractivity contribution in [2.24, 2.45) is 0 Å². The van der Waals surface area contributed by atoms with Gasteiger partial charge in [0.25, 0.3) is 0 Å². The number of hydrogen-bond acceptors (Lipinski definition) is 3. The van der Waals surface area contributed by atoms with Crippen LogP contribution < -0.4 is 10.6 Å². The van der Waals surface area contributed by atoms with Gasteiger partial charge in [0.15, 0.2) is 0 Å². The molecule has 0 radical (unpaired) electrons. The van der Waals surface area contributed by atoms with Crippen LogP contribution in [0.25, 0.3) is 0 Å². The molecule has 0 aromatic rings. The van der Waals surface area contributed by atoms with Crippen LogP contribution in [0.2, 0.25) is 0 Å². The average molecular weight is 286 g/mol. The Balaban J connectivity index is 4.91. The Bertz CT molecular complexity index is 357. The summed E-state index contributed by atoms with van der Waals surface area (Å²) in [5.41, 5.74) is -4.30. The monoisotopic (exact) mass is 286 g/mol. The number of amides is 2. The normalized spacial score (nSPS) is 15.5. The van der Waals surface area contributed by atoms with Gasteiger partial charge in [-0.25, -0.2) is 9.59 Å². The molecular weight excluding hydrogens is 269 g/mol. The van der Waals surface area contributed by atoms with Gasteiger partial charge >= 0.3 is 18.2 Å². The predicted molar refractivity (Wildman–Crippen MR) is 59.7 cm³/mol. The number of nitrogens with one attached hydrogen (secondary N) is 2. The number of aliphatic carboxylic acids is 1. The van der Waals surface area contributed by atoms with Crippen LogP contribution in [-0.2, 0) is 9.53 Å². The van der Waals surface area contributed by atoms with Gasteiger partial charge in [-0.15, -0.1) is 0 Å². The number of carbonyl (C=O) groups excluding carboxylic acids is 1. The highest BCUT2D eigenvalue weighted by atomic mass is 19.4. The third kappa shape index (κ3) is 4.58. The van der Waals surface area contributed by atoms with Crippen molar-refractivity contribution in [1.82, 2.24) is 10.6 Å². The Morgan fingerprint density at radius 2 is 1.63 bits per heavy atom. The fourth-order valence-electron chi connectivity index (χ4n) is 1.21. The highest BCUT2D eigenvalue weighted by Crippen LogP contribution is 2.30. The van der Waals surface area contributed by atoms with Crippen molar-refractivity contribution >= 4 is 12.0 Å². The number of carboxylic acids is 1. The summed E-state index contributed by atoms with van der Waals surface area (Å²) >= 11 is 0. The number of urea groups is 1. The van der Waals surface area contributed by atoms with Crippen LogP contribution in [0.3, 0.4) is 0 Å². The van der Waals surface area contributed by atoms with Crippen molar-refractivity contribution in [3.8, 4) is 0 Å². The molecule has 0 bridgehead atoms. The van der Waals surface area contributed by atoms with E-state index in [1.165, 1.54) is 26.3 Å². The van der Waals surface area contributed by atoms with Crippen molar-refractivity contribution in [1.29, 1.82) is 0 Å². The lowest BCUT2D eigenvalue weighted by Gasteiger charge is -2.31. The quantitative estimate of drug-likeness (QED) is 0.706. The van der Waals surface area contributed by atoms with Gasteiger partial charge in [-0.2, -0.15) is 13.2 Å². The average Bonchev–Trinajstić information content (AvgIpc) is 2.13. The van der Waals surface area contributed by atoms with Gasteiger partial charge in [-0.05, 0) is 20.8 Å². The number of rotatable bonds is 5. The molecule has 0 aromatic carbocycles. The van der Waals surface area contributed by atoms with Crippen LogP contribution in [0.5, 0.6) is 0 Å². The minimum atomic E-state index is -5.12.